The molecule has 0 spiro atoms. The Balaban J connectivity index is 2.27. The van der Waals surface area contributed by atoms with Crippen molar-refractivity contribution >= 4 is 29.2 Å². The van der Waals surface area contributed by atoms with E-state index in [-0.39, 0.29) is 0 Å². The molecule has 1 aliphatic heterocycles. The molecule has 0 saturated heterocycles. The van der Waals surface area contributed by atoms with Crippen LogP contribution in [0.2, 0.25) is 5.02 Å². The molecule has 4 heteroatoms. The smallest absolute Gasteiger partial charge is 0.338 e. The van der Waals surface area contributed by atoms with Gasteiger partial charge in [-0.05, 0) is 30.3 Å². The fourth-order valence-corrected chi connectivity index (χ4v) is 2.30. The van der Waals surface area contributed by atoms with Gasteiger partial charge < -0.3 is 9.47 Å². The summed E-state index contributed by atoms with van der Waals surface area (Å²) in [4.78, 5) is 12.0. The van der Waals surface area contributed by atoms with Crippen molar-refractivity contribution < 1.29 is 14.3 Å². The van der Waals surface area contributed by atoms with Gasteiger partial charge in [-0.2, -0.15) is 0 Å². The van der Waals surface area contributed by atoms with Crippen LogP contribution in [0.15, 0.2) is 42.5 Å². The summed E-state index contributed by atoms with van der Waals surface area (Å²) >= 11 is 6.02. The van der Waals surface area contributed by atoms with Crippen LogP contribution in [0, 0.1) is 0 Å². The molecule has 0 radical (unpaired) electrons. The van der Waals surface area contributed by atoms with Crippen LogP contribution < -0.4 is 4.74 Å². The molecule has 0 fully saturated rings. The number of esters is 1. The van der Waals surface area contributed by atoms with Crippen LogP contribution in [0.1, 0.15) is 11.1 Å². The Morgan fingerprint density at radius 3 is 2.75 bits per heavy atom. The normalized spacial score (nSPS) is 12.4. The second-order valence-corrected chi connectivity index (χ2v) is 4.77. The average Bonchev–Trinajstić information content (AvgIpc) is 2.63. The van der Waals surface area contributed by atoms with E-state index >= 15 is 0 Å². The van der Waals surface area contributed by atoms with Gasteiger partial charge in [0.1, 0.15) is 11.5 Å². The molecular weight excluding hydrogens is 276 g/mol. The molecule has 100 valence electrons. The van der Waals surface area contributed by atoms with Gasteiger partial charge in [-0.25, -0.2) is 4.79 Å². The van der Waals surface area contributed by atoms with E-state index in [1.165, 1.54) is 7.11 Å². The van der Waals surface area contributed by atoms with Crippen LogP contribution in [0.4, 0.5) is 0 Å². The van der Waals surface area contributed by atoms with Crippen LogP contribution in [0.5, 0.6) is 11.5 Å². The second kappa shape index (κ2) is 5.02. The van der Waals surface area contributed by atoms with Crippen molar-refractivity contribution in [1.82, 2.24) is 0 Å². The lowest BCUT2D eigenvalue weighted by molar-refractivity contribution is -0.133. The SMILES string of the molecule is COC(=O)C1=Cc2ccccc2Oc2ccc(Cl)cc21. The summed E-state index contributed by atoms with van der Waals surface area (Å²) in [6, 6.07) is 12.7. The molecule has 0 bridgehead atoms. The molecule has 0 saturated carbocycles. The highest BCUT2D eigenvalue weighted by atomic mass is 35.5. The third-order valence-electron chi connectivity index (χ3n) is 3.08. The first-order chi connectivity index (χ1) is 9.69. The maximum Gasteiger partial charge on any atom is 0.338 e. The van der Waals surface area contributed by atoms with Crippen LogP contribution in [-0.4, -0.2) is 13.1 Å². The Hall–Kier alpha value is -2.26. The number of halogens is 1. The Labute approximate surface area is 121 Å². The molecule has 2 aromatic rings. The molecule has 0 atom stereocenters. The van der Waals surface area contributed by atoms with Gasteiger partial charge in [-0.1, -0.05) is 29.8 Å². The van der Waals surface area contributed by atoms with E-state index in [2.05, 4.69) is 0 Å². The van der Waals surface area contributed by atoms with E-state index in [0.717, 1.165) is 5.56 Å². The standard InChI is InChI=1S/C16H11ClO3/c1-19-16(18)13-8-10-4-2-3-5-14(10)20-15-7-6-11(17)9-12(13)15/h2-9H,1H3. The summed E-state index contributed by atoms with van der Waals surface area (Å²) in [6.07, 6.45) is 1.75. The van der Waals surface area contributed by atoms with Gasteiger partial charge >= 0.3 is 5.97 Å². The number of hydrogen-bond acceptors (Lipinski definition) is 3. The minimum absolute atomic E-state index is 0.422. The summed E-state index contributed by atoms with van der Waals surface area (Å²) in [7, 11) is 1.35. The van der Waals surface area contributed by atoms with Crippen molar-refractivity contribution in [2.75, 3.05) is 7.11 Å². The van der Waals surface area contributed by atoms with E-state index in [9.17, 15) is 4.79 Å². The summed E-state index contributed by atoms with van der Waals surface area (Å²) in [5.41, 5.74) is 1.87. The van der Waals surface area contributed by atoms with Crippen LogP contribution in [0.3, 0.4) is 0 Å². The number of rotatable bonds is 1. The topological polar surface area (TPSA) is 35.5 Å². The molecule has 0 N–H and O–H groups in total. The molecule has 0 unspecified atom stereocenters. The number of para-hydroxylation sites is 1. The summed E-state index contributed by atoms with van der Waals surface area (Å²) in [6.45, 7) is 0. The molecule has 2 aromatic carbocycles. The lowest BCUT2D eigenvalue weighted by Gasteiger charge is -2.10. The Kier molecular flexibility index (Phi) is 3.20. The number of carbonyl (C=O) groups excluding carboxylic acids is 1. The first-order valence-corrected chi connectivity index (χ1v) is 6.43. The number of carbonyl (C=O) groups is 1. The molecule has 0 aromatic heterocycles. The van der Waals surface area contributed by atoms with Gasteiger partial charge in [-0.3, -0.25) is 0 Å². The van der Waals surface area contributed by atoms with E-state index in [0.29, 0.717) is 27.7 Å². The number of ether oxygens (including phenoxy) is 2. The number of benzene rings is 2. The fourth-order valence-electron chi connectivity index (χ4n) is 2.12. The molecule has 1 aliphatic rings. The van der Waals surface area contributed by atoms with Crippen LogP contribution in [0.25, 0.3) is 11.6 Å². The van der Waals surface area contributed by atoms with E-state index in [1.807, 2.05) is 24.3 Å². The van der Waals surface area contributed by atoms with Gasteiger partial charge in [0, 0.05) is 16.1 Å². The molecule has 3 nitrogen and oxygen atoms in total. The van der Waals surface area contributed by atoms with E-state index < -0.39 is 5.97 Å². The first kappa shape index (κ1) is 12.8. The van der Waals surface area contributed by atoms with Gasteiger partial charge in [0.15, 0.2) is 0 Å². The van der Waals surface area contributed by atoms with E-state index in [4.69, 9.17) is 21.1 Å². The molecule has 20 heavy (non-hydrogen) atoms. The minimum Gasteiger partial charge on any atom is -0.465 e. The van der Waals surface area contributed by atoms with Crippen molar-refractivity contribution in [3.8, 4) is 11.5 Å². The van der Waals surface area contributed by atoms with Gasteiger partial charge in [0.25, 0.3) is 0 Å². The van der Waals surface area contributed by atoms with Crippen molar-refractivity contribution in [3.63, 3.8) is 0 Å². The van der Waals surface area contributed by atoms with Crippen LogP contribution >= 0.6 is 11.6 Å². The lowest BCUT2D eigenvalue weighted by Crippen LogP contribution is -2.04. The minimum atomic E-state index is -0.422. The number of hydrogen-bond donors (Lipinski definition) is 0. The molecule has 0 amide bonds. The Morgan fingerprint density at radius 1 is 1.15 bits per heavy atom. The van der Waals surface area contributed by atoms with Crippen molar-refractivity contribution in [3.05, 3.63) is 58.6 Å². The average molecular weight is 287 g/mol. The molecule has 3 rings (SSSR count). The van der Waals surface area contributed by atoms with Crippen molar-refractivity contribution in [2.45, 2.75) is 0 Å². The zero-order valence-corrected chi connectivity index (χ0v) is 11.5. The highest BCUT2D eigenvalue weighted by Gasteiger charge is 2.22. The largest absolute Gasteiger partial charge is 0.465 e. The maximum atomic E-state index is 12.0. The van der Waals surface area contributed by atoms with Crippen LogP contribution in [-0.2, 0) is 9.53 Å². The third kappa shape index (κ3) is 2.17. The fraction of sp³-hybridized carbons (Fsp3) is 0.0625. The predicted octanol–water partition coefficient (Wildman–Crippen LogP) is 4.16. The lowest BCUT2D eigenvalue weighted by atomic mass is 10.0. The highest BCUT2D eigenvalue weighted by molar-refractivity contribution is 6.31. The molecule has 1 heterocycles. The van der Waals surface area contributed by atoms with Gasteiger partial charge in [0.2, 0.25) is 0 Å². The Morgan fingerprint density at radius 2 is 1.95 bits per heavy atom. The molecular formula is C16H11ClO3. The Bertz CT molecular complexity index is 719. The highest BCUT2D eigenvalue weighted by Crippen LogP contribution is 2.39. The zero-order valence-electron chi connectivity index (χ0n) is 10.7. The van der Waals surface area contributed by atoms with E-state index in [1.54, 1.807) is 24.3 Å². The third-order valence-corrected chi connectivity index (χ3v) is 3.31. The monoisotopic (exact) mass is 286 g/mol. The van der Waals surface area contributed by atoms with Gasteiger partial charge in [-0.15, -0.1) is 0 Å². The predicted molar refractivity (Wildman–Crippen MR) is 77.9 cm³/mol. The summed E-state index contributed by atoms with van der Waals surface area (Å²) in [5, 5.41) is 0.535. The molecule has 0 aliphatic carbocycles. The number of methoxy groups -OCH3 is 1. The summed E-state index contributed by atoms with van der Waals surface area (Å²) < 4.78 is 10.7. The summed E-state index contributed by atoms with van der Waals surface area (Å²) in [5.74, 6) is 0.847. The second-order valence-electron chi connectivity index (χ2n) is 4.33. The number of fused-ring (bicyclic) bond motifs is 2. The maximum absolute atomic E-state index is 12.0. The van der Waals surface area contributed by atoms with Crippen molar-refractivity contribution in [2.24, 2.45) is 0 Å². The van der Waals surface area contributed by atoms with Crippen molar-refractivity contribution in [1.29, 1.82) is 0 Å². The van der Waals surface area contributed by atoms with Gasteiger partial charge in [0.05, 0.1) is 12.7 Å². The zero-order chi connectivity index (χ0) is 14.1. The quantitative estimate of drug-likeness (QED) is 0.739. The first-order valence-electron chi connectivity index (χ1n) is 6.06.